The topological polar surface area (TPSA) is 25.3 Å². The number of rotatable bonds is 43. The zero-order valence-corrected chi connectivity index (χ0v) is 48.6. The Morgan fingerprint density at radius 1 is 0.329 bits per heavy atom. The van der Waals surface area contributed by atoms with Gasteiger partial charge in [0.15, 0.2) is 0 Å². The molecule has 0 aliphatic carbocycles. The molecule has 1 heterocycles. The summed E-state index contributed by atoms with van der Waals surface area (Å²) in [5.41, 5.74) is 22.0. The average molecular weight is 1010 g/mol. The monoisotopic (exact) mass is 1010 g/mol. The standard InChI is InChI=1S/C49H78N2.2C9H19.Ni/c1-5-9-13-15-16-17-18-19-20-21-22-23-24-25-26-27-29-36-47-46(35-12-8-4)48(44-39-37-42(38-40-44)32-28-14-10-6-2)51(50)49(47)45-34-30-33-43(41-45)31-11-7-3;2*1-3-5-7-9-8-6-4-2;/h30,33-34,37-41H,5-29,31-32,35-36H2,1-4H3;2*1,3-9H2,2H3;/q;2*-1;+2. The zero-order valence-electron chi connectivity index (χ0n) is 47.6. The maximum absolute atomic E-state index is 12.1. The Balaban J connectivity index is 0.00000211. The third-order valence-electron chi connectivity index (χ3n) is 14.4. The first-order valence-electron chi connectivity index (χ1n) is 30.7. The minimum atomic E-state index is 0. The molecular formula is C67H116N2Ni. The van der Waals surface area contributed by atoms with E-state index < -0.39 is 0 Å². The van der Waals surface area contributed by atoms with Gasteiger partial charge in [-0.05, 0) is 86.8 Å². The van der Waals surface area contributed by atoms with Crippen LogP contribution in [0.5, 0.6) is 0 Å². The summed E-state index contributed by atoms with van der Waals surface area (Å²) in [5, 5.41) is 0. The molecule has 70 heavy (non-hydrogen) atoms. The summed E-state index contributed by atoms with van der Waals surface area (Å²) in [6.07, 6.45) is 56.8. The van der Waals surface area contributed by atoms with E-state index in [9.17, 15) is 5.53 Å². The number of allylic oxidation sites excluding steroid dienone is 2. The van der Waals surface area contributed by atoms with Crippen molar-refractivity contribution in [2.75, 3.05) is 0 Å². The number of aryl methyl sites for hydroxylation is 2. The van der Waals surface area contributed by atoms with Gasteiger partial charge in [0.05, 0.1) is 0 Å². The molecule has 0 spiro atoms. The molecular weight excluding hydrogens is 891 g/mol. The van der Waals surface area contributed by atoms with E-state index in [0.29, 0.717) is 0 Å². The predicted molar refractivity (Wildman–Crippen MR) is 312 cm³/mol. The van der Waals surface area contributed by atoms with Crippen molar-refractivity contribution in [2.24, 2.45) is 0 Å². The molecule has 2 aromatic rings. The van der Waals surface area contributed by atoms with Gasteiger partial charge in [0.25, 0.3) is 0 Å². The van der Waals surface area contributed by atoms with Crippen LogP contribution in [0.4, 0.5) is 0 Å². The fourth-order valence-corrected chi connectivity index (χ4v) is 9.92. The van der Waals surface area contributed by atoms with Gasteiger partial charge >= 0.3 is 16.5 Å². The van der Waals surface area contributed by atoms with Crippen LogP contribution in [0.3, 0.4) is 0 Å². The number of hydrogen-bond acceptors (Lipinski definition) is 0. The SMILES string of the molecule is CCCCCCCCCCCCCCCCCCCC1=C(c2cccc(CCCC)c2)[N+](=[N-])C(c2ccc(CCCCCC)cc2)=C1CCCC.[CH2-]CCCCCCCC.[CH2-]CCCCCCCC.[Ni+2]. The van der Waals surface area contributed by atoms with Crippen molar-refractivity contribution in [2.45, 2.75) is 318 Å². The van der Waals surface area contributed by atoms with Gasteiger partial charge < -0.3 is 19.4 Å². The van der Waals surface area contributed by atoms with Crippen LogP contribution < -0.4 is 0 Å². The van der Waals surface area contributed by atoms with Gasteiger partial charge in [0.1, 0.15) is 0 Å². The van der Waals surface area contributed by atoms with Crippen LogP contribution in [0, 0.1) is 13.8 Å². The Kier molecular flexibility index (Phi) is 49.1. The van der Waals surface area contributed by atoms with E-state index in [2.05, 4.69) is 104 Å². The van der Waals surface area contributed by atoms with Crippen molar-refractivity contribution < 1.29 is 21.2 Å². The molecule has 0 fully saturated rings. The second kappa shape index (κ2) is 50.5. The Bertz CT molecular complexity index is 1490. The Morgan fingerprint density at radius 3 is 1.06 bits per heavy atom. The molecule has 0 bridgehead atoms. The van der Waals surface area contributed by atoms with Gasteiger partial charge in [0, 0.05) is 22.3 Å². The summed E-state index contributed by atoms with van der Waals surface area (Å²) >= 11 is 0. The number of unbranched alkanes of at least 4 members (excludes halogenated alkanes) is 33. The molecule has 0 amide bonds. The first-order chi connectivity index (χ1) is 34.0. The van der Waals surface area contributed by atoms with Crippen LogP contribution in [0.2, 0.25) is 0 Å². The van der Waals surface area contributed by atoms with Gasteiger partial charge in [-0.25, -0.2) is 4.70 Å². The van der Waals surface area contributed by atoms with E-state index in [1.165, 1.54) is 253 Å². The first kappa shape index (κ1) is 68.0. The summed E-state index contributed by atoms with van der Waals surface area (Å²) in [6, 6.07) is 18.2. The van der Waals surface area contributed by atoms with Crippen LogP contribution in [0.15, 0.2) is 59.7 Å². The predicted octanol–water partition coefficient (Wildman–Crippen LogP) is 23.7. The molecule has 0 radical (unpaired) electrons. The average Bonchev–Trinajstić information content (AvgIpc) is 3.65. The van der Waals surface area contributed by atoms with Crippen molar-refractivity contribution in [3.63, 3.8) is 0 Å². The largest absolute Gasteiger partial charge is 2.00 e. The molecule has 0 saturated carbocycles. The smallest absolute Gasteiger partial charge is 0.493 e. The zero-order chi connectivity index (χ0) is 50.3. The first-order valence-corrected chi connectivity index (χ1v) is 30.7. The number of nitrogens with zero attached hydrogens (tertiary/aromatic N) is 2. The van der Waals surface area contributed by atoms with Gasteiger partial charge in [-0.15, -0.1) is 0 Å². The van der Waals surface area contributed by atoms with E-state index in [1.807, 2.05) is 0 Å². The fourth-order valence-electron chi connectivity index (χ4n) is 9.92. The van der Waals surface area contributed by atoms with Crippen LogP contribution in [0.25, 0.3) is 16.9 Å². The van der Waals surface area contributed by atoms with Crippen molar-refractivity contribution in [1.29, 1.82) is 0 Å². The van der Waals surface area contributed by atoms with E-state index in [0.717, 1.165) is 68.3 Å². The summed E-state index contributed by atoms with van der Waals surface area (Å²) in [5.74, 6) is 0. The van der Waals surface area contributed by atoms with Gasteiger partial charge in [-0.1, -0.05) is 278 Å². The second-order valence-electron chi connectivity index (χ2n) is 21.0. The quantitative estimate of drug-likeness (QED) is 0.0274. The molecule has 2 nitrogen and oxygen atoms in total. The molecule has 404 valence electrons. The van der Waals surface area contributed by atoms with E-state index in [-0.39, 0.29) is 16.5 Å². The summed E-state index contributed by atoms with van der Waals surface area (Å²) < 4.78 is 1.59. The Morgan fingerprint density at radius 2 is 0.643 bits per heavy atom. The molecule has 0 aromatic heterocycles. The molecule has 0 N–H and O–H groups in total. The maximum Gasteiger partial charge on any atom is 2.00 e. The molecule has 3 rings (SSSR count). The summed E-state index contributed by atoms with van der Waals surface area (Å²) in [4.78, 5) is 0. The molecule has 2 aromatic carbocycles. The number of hydrogen-bond donors (Lipinski definition) is 0. The molecule has 0 unspecified atom stereocenters. The van der Waals surface area contributed by atoms with E-state index >= 15 is 0 Å². The van der Waals surface area contributed by atoms with Crippen molar-refractivity contribution in [3.8, 4) is 0 Å². The van der Waals surface area contributed by atoms with Crippen molar-refractivity contribution >= 4 is 11.4 Å². The molecule has 0 atom stereocenters. The minimum absolute atomic E-state index is 0. The van der Waals surface area contributed by atoms with Crippen LogP contribution in [-0.2, 0) is 29.3 Å². The summed E-state index contributed by atoms with van der Waals surface area (Å²) in [6.45, 7) is 21.2. The molecule has 1 aliphatic rings. The van der Waals surface area contributed by atoms with Crippen LogP contribution >= 0.6 is 0 Å². The van der Waals surface area contributed by atoms with Crippen molar-refractivity contribution in [3.05, 3.63) is 101 Å². The summed E-state index contributed by atoms with van der Waals surface area (Å²) in [7, 11) is 0. The van der Waals surface area contributed by atoms with Crippen LogP contribution in [0.1, 0.15) is 327 Å². The van der Waals surface area contributed by atoms with E-state index in [1.54, 1.807) is 4.70 Å². The van der Waals surface area contributed by atoms with Crippen LogP contribution in [-0.4, -0.2) is 4.70 Å². The minimum Gasteiger partial charge on any atom is -0.493 e. The number of benzene rings is 2. The maximum atomic E-state index is 12.1. The Hall–Kier alpha value is -1.99. The van der Waals surface area contributed by atoms with Crippen molar-refractivity contribution in [1.82, 2.24) is 0 Å². The normalized spacial score (nSPS) is 12.3. The van der Waals surface area contributed by atoms with Gasteiger partial charge in [0.2, 0.25) is 11.4 Å². The molecule has 1 aliphatic heterocycles. The van der Waals surface area contributed by atoms with E-state index in [4.69, 9.17) is 0 Å². The van der Waals surface area contributed by atoms with Gasteiger partial charge in [-0.2, -0.15) is 12.8 Å². The molecule has 0 saturated heterocycles. The fraction of sp³-hybridized carbons (Fsp3) is 0.731. The Labute approximate surface area is 449 Å². The third-order valence-corrected chi connectivity index (χ3v) is 14.4. The molecule has 3 heteroatoms. The second-order valence-corrected chi connectivity index (χ2v) is 21.0. The third kappa shape index (κ3) is 33.7. The van der Waals surface area contributed by atoms with Gasteiger partial charge in [-0.3, -0.25) is 0 Å².